The summed E-state index contributed by atoms with van der Waals surface area (Å²) in [4.78, 5) is 0. The lowest BCUT2D eigenvalue weighted by Gasteiger charge is -2.09. The summed E-state index contributed by atoms with van der Waals surface area (Å²) < 4.78 is 47.0. The van der Waals surface area contributed by atoms with Gasteiger partial charge in [-0.2, -0.15) is 5.10 Å². The highest BCUT2D eigenvalue weighted by atomic mass is 19.4. The molecule has 0 spiro atoms. The van der Waals surface area contributed by atoms with E-state index < -0.39 is 6.36 Å². The Kier molecular flexibility index (Phi) is 4.16. The molecule has 0 unspecified atom stereocenters. The number of hydrogen-bond acceptors (Lipinski definition) is 3. The fourth-order valence-corrected chi connectivity index (χ4v) is 2.20. The molecule has 0 fully saturated rings. The van der Waals surface area contributed by atoms with Crippen LogP contribution in [0.4, 0.5) is 13.2 Å². The van der Waals surface area contributed by atoms with Crippen LogP contribution in [-0.2, 0) is 0 Å². The molecule has 0 atom stereocenters. The van der Waals surface area contributed by atoms with E-state index in [0.717, 1.165) is 16.9 Å². The molecule has 0 saturated carbocycles. The first-order valence-corrected chi connectivity index (χ1v) is 7.00. The third kappa shape index (κ3) is 3.68. The molecule has 0 bridgehead atoms. The Balaban J connectivity index is 1.79. The molecule has 2 aromatic carbocycles. The van der Waals surface area contributed by atoms with Gasteiger partial charge in [0.2, 0.25) is 0 Å². The first-order valence-electron chi connectivity index (χ1n) is 7.00. The van der Waals surface area contributed by atoms with Crippen LogP contribution >= 0.6 is 0 Å². The van der Waals surface area contributed by atoms with Gasteiger partial charge in [-0.25, -0.2) is 4.68 Å². The maximum atomic E-state index is 12.2. The van der Waals surface area contributed by atoms with Crippen LogP contribution in [0.25, 0.3) is 16.8 Å². The van der Waals surface area contributed by atoms with Crippen LogP contribution in [0, 0.1) is 0 Å². The lowest BCUT2D eigenvalue weighted by Crippen LogP contribution is -2.17. The molecule has 0 aliphatic heterocycles. The number of nitrogens with zero attached hydrogens (tertiary/aromatic N) is 2. The van der Waals surface area contributed by atoms with Gasteiger partial charge in [0.25, 0.3) is 0 Å². The van der Waals surface area contributed by atoms with Crippen molar-refractivity contribution in [3.8, 4) is 28.3 Å². The quantitative estimate of drug-likeness (QED) is 0.707. The van der Waals surface area contributed by atoms with E-state index in [1.54, 1.807) is 24.2 Å². The van der Waals surface area contributed by atoms with Gasteiger partial charge in [-0.1, -0.05) is 12.1 Å². The van der Waals surface area contributed by atoms with Gasteiger partial charge in [0.05, 0.1) is 19.0 Å². The van der Waals surface area contributed by atoms with Crippen LogP contribution in [0.3, 0.4) is 0 Å². The Hall–Kier alpha value is -2.96. The molecule has 24 heavy (non-hydrogen) atoms. The summed E-state index contributed by atoms with van der Waals surface area (Å²) >= 11 is 0. The van der Waals surface area contributed by atoms with E-state index in [4.69, 9.17) is 4.74 Å². The first kappa shape index (κ1) is 15.9. The Bertz CT molecular complexity index is 809. The van der Waals surface area contributed by atoms with Crippen molar-refractivity contribution < 1.29 is 22.6 Å². The van der Waals surface area contributed by atoms with Crippen LogP contribution in [0.1, 0.15) is 0 Å². The van der Waals surface area contributed by atoms with Crippen molar-refractivity contribution in [3.63, 3.8) is 0 Å². The minimum absolute atomic E-state index is 0.270. The van der Waals surface area contributed by atoms with Crippen LogP contribution in [0.15, 0.2) is 60.9 Å². The lowest BCUT2D eigenvalue weighted by atomic mass is 10.1. The van der Waals surface area contributed by atoms with Gasteiger partial charge in [0.15, 0.2) is 0 Å². The third-order valence-electron chi connectivity index (χ3n) is 3.34. The van der Waals surface area contributed by atoms with Crippen molar-refractivity contribution in [2.75, 3.05) is 7.11 Å². The van der Waals surface area contributed by atoms with E-state index in [1.807, 2.05) is 24.3 Å². The second-order valence-corrected chi connectivity index (χ2v) is 4.94. The number of methoxy groups -OCH3 is 1. The minimum atomic E-state index is -4.70. The van der Waals surface area contributed by atoms with E-state index in [9.17, 15) is 13.2 Å². The summed E-state index contributed by atoms with van der Waals surface area (Å²) in [5.74, 6) is 0.486. The maximum absolute atomic E-state index is 12.2. The smallest absolute Gasteiger partial charge is 0.497 e. The zero-order valence-corrected chi connectivity index (χ0v) is 12.6. The van der Waals surface area contributed by atoms with Crippen LogP contribution in [0.5, 0.6) is 11.5 Å². The highest BCUT2D eigenvalue weighted by Crippen LogP contribution is 2.25. The molecular weight excluding hydrogens is 321 g/mol. The van der Waals surface area contributed by atoms with E-state index in [1.165, 1.54) is 24.3 Å². The average Bonchev–Trinajstić information content (AvgIpc) is 3.04. The van der Waals surface area contributed by atoms with Gasteiger partial charge < -0.3 is 9.47 Å². The number of rotatable bonds is 4. The molecule has 3 aromatic rings. The Morgan fingerprint density at radius 3 is 2.08 bits per heavy atom. The third-order valence-corrected chi connectivity index (χ3v) is 3.34. The molecule has 0 radical (unpaired) electrons. The highest BCUT2D eigenvalue weighted by Gasteiger charge is 2.30. The van der Waals surface area contributed by atoms with Crippen molar-refractivity contribution in [1.82, 2.24) is 9.78 Å². The van der Waals surface area contributed by atoms with Crippen LogP contribution in [-0.4, -0.2) is 23.3 Å². The second kappa shape index (κ2) is 6.27. The molecule has 0 N–H and O–H groups in total. The van der Waals surface area contributed by atoms with E-state index in [2.05, 4.69) is 9.84 Å². The number of hydrogen-bond donors (Lipinski definition) is 0. The molecule has 3 rings (SSSR count). The van der Waals surface area contributed by atoms with Crippen molar-refractivity contribution in [2.24, 2.45) is 0 Å². The summed E-state index contributed by atoms with van der Waals surface area (Å²) in [5, 5.41) is 4.23. The molecule has 1 aromatic heterocycles. The average molecular weight is 334 g/mol. The SMILES string of the molecule is COc1ccc(-c2cnn(-c3ccc(OC(F)(F)F)cc3)c2)cc1. The van der Waals surface area contributed by atoms with E-state index >= 15 is 0 Å². The molecule has 4 nitrogen and oxygen atoms in total. The molecule has 124 valence electrons. The van der Waals surface area contributed by atoms with Crippen LogP contribution < -0.4 is 9.47 Å². The minimum Gasteiger partial charge on any atom is -0.497 e. The van der Waals surface area contributed by atoms with Gasteiger partial charge in [0, 0.05) is 11.8 Å². The number of halogens is 3. The molecule has 1 heterocycles. The predicted octanol–water partition coefficient (Wildman–Crippen LogP) is 4.45. The van der Waals surface area contributed by atoms with Gasteiger partial charge in [0.1, 0.15) is 11.5 Å². The second-order valence-electron chi connectivity index (χ2n) is 4.94. The molecule has 0 saturated heterocycles. The van der Waals surface area contributed by atoms with Gasteiger partial charge in [-0.3, -0.25) is 0 Å². The van der Waals surface area contributed by atoms with Crippen molar-refractivity contribution in [2.45, 2.75) is 6.36 Å². The van der Waals surface area contributed by atoms with Gasteiger partial charge >= 0.3 is 6.36 Å². The zero-order valence-electron chi connectivity index (χ0n) is 12.6. The summed E-state index contributed by atoms with van der Waals surface area (Å²) in [6.07, 6.45) is -1.22. The molecule has 0 aliphatic carbocycles. The predicted molar refractivity (Wildman–Crippen MR) is 82.2 cm³/mol. The summed E-state index contributed by atoms with van der Waals surface area (Å²) in [6, 6.07) is 13.0. The van der Waals surface area contributed by atoms with E-state index in [0.29, 0.717) is 5.69 Å². The highest BCUT2D eigenvalue weighted by molar-refractivity contribution is 5.63. The summed E-state index contributed by atoms with van der Waals surface area (Å²) in [7, 11) is 1.60. The maximum Gasteiger partial charge on any atom is 0.573 e. The van der Waals surface area contributed by atoms with E-state index in [-0.39, 0.29) is 5.75 Å². The molecule has 0 amide bonds. The van der Waals surface area contributed by atoms with Crippen molar-refractivity contribution in [1.29, 1.82) is 0 Å². The Labute approximate surface area is 136 Å². The zero-order chi connectivity index (χ0) is 17.2. The normalized spacial score (nSPS) is 11.3. The largest absolute Gasteiger partial charge is 0.573 e. The number of alkyl halides is 3. The number of aromatic nitrogens is 2. The van der Waals surface area contributed by atoms with Gasteiger partial charge in [-0.05, 0) is 42.0 Å². The monoisotopic (exact) mass is 334 g/mol. The number of ether oxygens (including phenoxy) is 2. The summed E-state index contributed by atoms with van der Waals surface area (Å²) in [6.45, 7) is 0. The summed E-state index contributed by atoms with van der Waals surface area (Å²) in [5.41, 5.74) is 2.47. The lowest BCUT2D eigenvalue weighted by molar-refractivity contribution is -0.274. The first-order chi connectivity index (χ1) is 11.4. The van der Waals surface area contributed by atoms with Crippen molar-refractivity contribution >= 4 is 0 Å². The molecule has 7 heteroatoms. The standard InChI is InChI=1S/C17H13F3N2O2/c1-23-15-6-2-12(3-7-15)13-10-21-22(11-13)14-4-8-16(9-5-14)24-17(18,19)20/h2-11H,1H3. The van der Waals surface area contributed by atoms with Crippen molar-refractivity contribution in [3.05, 3.63) is 60.9 Å². The number of benzene rings is 2. The Morgan fingerprint density at radius 1 is 0.875 bits per heavy atom. The van der Waals surface area contributed by atoms with Gasteiger partial charge in [-0.15, -0.1) is 13.2 Å². The fraction of sp³-hybridized carbons (Fsp3) is 0.118. The Morgan fingerprint density at radius 2 is 1.50 bits per heavy atom. The van der Waals surface area contributed by atoms with Crippen LogP contribution in [0.2, 0.25) is 0 Å². The topological polar surface area (TPSA) is 36.3 Å². The fourth-order valence-electron chi connectivity index (χ4n) is 2.20. The molecule has 0 aliphatic rings. The molecular formula is C17H13F3N2O2.